The van der Waals surface area contributed by atoms with Crippen LogP contribution in [0.3, 0.4) is 0 Å². The molecule has 1 aliphatic heterocycles. The van der Waals surface area contributed by atoms with Gasteiger partial charge in [0.2, 0.25) is 0 Å². The van der Waals surface area contributed by atoms with Crippen LogP contribution in [-0.4, -0.2) is 42.0 Å². The maximum absolute atomic E-state index is 12.0. The maximum atomic E-state index is 12.0. The Labute approximate surface area is 120 Å². The van der Waals surface area contributed by atoms with E-state index in [0.717, 1.165) is 18.2 Å². The number of thiazole rings is 1. The number of piperazine rings is 1. The first-order valence-corrected chi connectivity index (χ1v) is 7.20. The van der Waals surface area contributed by atoms with Gasteiger partial charge in [0.05, 0.1) is 6.26 Å². The molecule has 0 saturated carbocycles. The van der Waals surface area contributed by atoms with Crippen LogP contribution in [0, 0.1) is 11.8 Å². The van der Waals surface area contributed by atoms with Gasteiger partial charge in [-0.1, -0.05) is 0 Å². The average Bonchev–Trinajstić information content (AvgIpc) is 3.18. The molecule has 0 bridgehead atoms. The topological polar surface area (TPSA) is 49.6 Å². The predicted octanol–water partition coefficient (Wildman–Crippen LogP) is 1.44. The average molecular weight is 287 g/mol. The maximum Gasteiger partial charge on any atom is 0.299 e. The Morgan fingerprint density at radius 1 is 1.35 bits per heavy atom. The molecule has 1 fully saturated rings. The molecule has 0 N–H and O–H groups in total. The molecule has 3 heterocycles. The van der Waals surface area contributed by atoms with Crippen LogP contribution < -0.4 is 4.90 Å². The first-order chi connectivity index (χ1) is 9.83. The van der Waals surface area contributed by atoms with Crippen molar-refractivity contribution in [2.75, 3.05) is 31.1 Å². The lowest BCUT2D eigenvalue weighted by Crippen LogP contribution is -2.48. The highest BCUT2D eigenvalue weighted by Gasteiger charge is 2.21. The van der Waals surface area contributed by atoms with Crippen molar-refractivity contribution in [3.63, 3.8) is 0 Å². The number of hydrogen-bond acceptors (Lipinski definition) is 5. The van der Waals surface area contributed by atoms with Gasteiger partial charge in [-0.25, -0.2) is 4.98 Å². The SMILES string of the molecule is O=C(C#Cc1ccco1)N1CCN(c2nccs2)CC1. The van der Waals surface area contributed by atoms with Gasteiger partial charge in [0, 0.05) is 43.7 Å². The first kappa shape index (κ1) is 12.8. The lowest BCUT2D eigenvalue weighted by atomic mass is 10.3. The normalized spacial score (nSPS) is 14.8. The van der Waals surface area contributed by atoms with E-state index in [4.69, 9.17) is 4.42 Å². The molecule has 2 aromatic heterocycles. The van der Waals surface area contributed by atoms with Crippen molar-refractivity contribution >= 4 is 22.4 Å². The molecule has 2 aromatic rings. The minimum atomic E-state index is -0.153. The quantitative estimate of drug-likeness (QED) is 0.745. The molecule has 0 aliphatic carbocycles. The molecule has 6 heteroatoms. The minimum Gasteiger partial charge on any atom is -0.456 e. The summed E-state index contributed by atoms with van der Waals surface area (Å²) in [5.41, 5.74) is 0. The van der Waals surface area contributed by atoms with Gasteiger partial charge in [-0.3, -0.25) is 4.79 Å². The number of aromatic nitrogens is 1. The van der Waals surface area contributed by atoms with E-state index in [2.05, 4.69) is 21.7 Å². The second-order valence-corrected chi connectivity index (χ2v) is 5.19. The molecule has 5 nitrogen and oxygen atoms in total. The fourth-order valence-corrected chi connectivity index (χ4v) is 2.71. The highest BCUT2D eigenvalue weighted by atomic mass is 32.1. The van der Waals surface area contributed by atoms with E-state index in [1.165, 1.54) is 0 Å². The molecule has 1 amide bonds. The molecule has 3 rings (SSSR count). The molecular formula is C14H13N3O2S. The highest BCUT2D eigenvalue weighted by Crippen LogP contribution is 2.18. The molecule has 0 radical (unpaired) electrons. The molecule has 1 aliphatic rings. The summed E-state index contributed by atoms with van der Waals surface area (Å²) in [6, 6.07) is 3.49. The third-order valence-corrected chi connectivity index (χ3v) is 3.90. The number of anilines is 1. The Kier molecular flexibility index (Phi) is 3.70. The number of nitrogens with zero attached hydrogens (tertiary/aromatic N) is 3. The summed E-state index contributed by atoms with van der Waals surface area (Å²) < 4.78 is 5.08. The van der Waals surface area contributed by atoms with Crippen LogP contribution in [-0.2, 0) is 4.79 Å². The number of hydrogen-bond donors (Lipinski definition) is 0. The van der Waals surface area contributed by atoms with Gasteiger partial charge in [-0.05, 0) is 18.1 Å². The summed E-state index contributed by atoms with van der Waals surface area (Å²) in [6.45, 7) is 2.93. The molecule has 1 saturated heterocycles. The van der Waals surface area contributed by atoms with E-state index in [-0.39, 0.29) is 5.91 Å². The van der Waals surface area contributed by atoms with Crippen LogP contribution in [0.4, 0.5) is 5.13 Å². The molecular weight excluding hydrogens is 274 g/mol. The van der Waals surface area contributed by atoms with Gasteiger partial charge in [0.1, 0.15) is 0 Å². The molecule has 0 aromatic carbocycles. The molecule has 0 spiro atoms. The number of carbonyl (C=O) groups excluding carboxylic acids is 1. The van der Waals surface area contributed by atoms with Crippen LogP contribution in [0.5, 0.6) is 0 Å². The van der Waals surface area contributed by atoms with Gasteiger partial charge < -0.3 is 14.2 Å². The van der Waals surface area contributed by atoms with Crippen molar-refractivity contribution in [1.29, 1.82) is 0 Å². The monoisotopic (exact) mass is 287 g/mol. The van der Waals surface area contributed by atoms with Crippen molar-refractivity contribution in [3.8, 4) is 11.8 Å². The minimum absolute atomic E-state index is 0.153. The predicted molar refractivity (Wildman–Crippen MR) is 76.5 cm³/mol. The van der Waals surface area contributed by atoms with E-state index in [0.29, 0.717) is 18.8 Å². The highest BCUT2D eigenvalue weighted by molar-refractivity contribution is 7.13. The van der Waals surface area contributed by atoms with Crippen molar-refractivity contribution in [1.82, 2.24) is 9.88 Å². The Hall–Kier alpha value is -2.26. The van der Waals surface area contributed by atoms with E-state index in [1.54, 1.807) is 40.8 Å². The molecule has 20 heavy (non-hydrogen) atoms. The lowest BCUT2D eigenvalue weighted by molar-refractivity contribution is -0.125. The van der Waals surface area contributed by atoms with E-state index in [1.807, 2.05) is 5.38 Å². The number of rotatable bonds is 1. The largest absolute Gasteiger partial charge is 0.456 e. The van der Waals surface area contributed by atoms with Crippen LogP contribution in [0.15, 0.2) is 34.4 Å². The van der Waals surface area contributed by atoms with Gasteiger partial charge >= 0.3 is 0 Å². The number of carbonyl (C=O) groups is 1. The summed E-state index contributed by atoms with van der Waals surface area (Å²) in [7, 11) is 0. The molecule has 102 valence electrons. The van der Waals surface area contributed by atoms with Gasteiger partial charge in [0.25, 0.3) is 5.91 Å². The lowest BCUT2D eigenvalue weighted by Gasteiger charge is -2.33. The second-order valence-electron chi connectivity index (χ2n) is 4.32. The molecule has 0 atom stereocenters. The zero-order chi connectivity index (χ0) is 13.8. The number of amides is 1. The standard InChI is InChI=1S/C14H13N3O2S/c18-13(4-3-12-2-1-10-19-12)16-6-8-17(9-7-16)14-15-5-11-20-14/h1-2,5,10-11H,6-9H2. The van der Waals surface area contributed by atoms with Gasteiger partial charge in [-0.2, -0.15) is 0 Å². The number of furan rings is 1. The Bertz CT molecular complexity index is 617. The van der Waals surface area contributed by atoms with Crippen molar-refractivity contribution in [2.24, 2.45) is 0 Å². The third-order valence-electron chi connectivity index (χ3n) is 3.07. The Morgan fingerprint density at radius 3 is 2.85 bits per heavy atom. The fraction of sp³-hybridized carbons (Fsp3) is 0.286. The van der Waals surface area contributed by atoms with Crippen LogP contribution in [0.1, 0.15) is 5.76 Å². The van der Waals surface area contributed by atoms with Crippen LogP contribution >= 0.6 is 11.3 Å². The summed E-state index contributed by atoms with van der Waals surface area (Å²) >= 11 is 1.62. The van der Waals surface area contributed by atoms with Crippen LogP contribution in [0.2, 0.25) is 0 Å². The van der Waals surface area contributed by atoms with Crippen LogP contribution in [0.25, 0.3) is 0 Å². The summed E-state index contributed by atoms with van der Waals surface area (Å²) in [6.07, 6.45) is 3.34. The summed E-state index contributed by atoms with van der Waals surface area (Å²) in [5.74, 6) is 5.71. The smallest absolute Gasteiger partial charge is 0.299 e. The first-order valence-electron chi connectivity index (χ1n) is 6.32. The summed E-state index contributed by atoms with van der Waals surface area (Å²) in [4.78, 5) is 20.2. The van der Waals surface area contributed by atoms with Crippen molar-refractivity contribution < 1.29 is 9.21 Å². The van der Waals surface area contributed by atoms with E-state index < -0.39 is 0 Å². The van der Waals surface area contributed by atoms with Gasteiger partial charge in [-0.15, -0.1) is 11.3 Å². The van der Waals surface area contributed by atoms with Crippen molar-refractivity contribution in [2.45, 2.75) is 0 Å². The Morgan fingerprint density at radius 2 is 2.20 bits per heavy atom. The van der Waals surface area contributed by atoms with E-state index >= 15 is 0 Å². The summed E-state index contributed by atoms with van der Waals surface area (Å²) in [5, 5.41) is 2.97. The van der Waals surface area contributed by atoms with Crippen molar-refractivity contribution in [3.05, 3.63) is 35.7 Å². The Balaban J connectivity index is 1.57. The third kappa shape index (κ3) is 2.83. The second kappa shape index (κ2) is 5.80. The van der Waals surface area contributed by atoms with Gasteiger partial charge in [0.15, 0.2) is 10.9 Å². The zero-order valence-corrected chi connectivity index (χ0v) is 11.6. The van der Waals surface area contributed by atoms with E-state index in [9.17, 15) is 4.79 Å². The zero-order valence-electron chi connectivity index (χ0n) is 10.8. The fourth-order valence-electron chi connectivity index (χ4n) is 2.02. The molecule has 0 unspecified atom stereocenters.